The SMILES string of the molecule is CC1=[C-]C(c2c(C)ccc3c2NCCC3)C(C)=C1C.Cl.Cl.[Ti]. The van der Waals surface area contributed by atoms with Crippen LogP contribution in [-0.4, -0.2) is 6.54 Å². The summed E-state index contributed by atoms with van der Waals surface area (Å²) in [5, 5.41) is 3.63. The molecule has 1 N–H and O–H groups in total. The zero-order valence-corrected chi connectivity index (χ0v) is 16.9. The van der Waals surface area contributed by atoms with E-state index in [-0.39, 0.29) is 46.5 Å². The number of nitrogens with one attached hydrogen (secondary N) is 1. The van der Waals surface area contributed by atoms with E-state index in [1.807, 2.05) is 0 Å². The number of fused-ring (bicyclic) bond motifs is 1. The van der Waals surface area contributed by atoms with E-state index in [9.17, 15) is 0 Å². The van der Waals surface area contributed by atoms with E-state index in [0.29, 0.717) is 5.92 Å². The third kappa shape index (κ3) is 3.65. The second kappa shape index (κ2) is 8.59. The summed E-state index contributed by atoms with van der Waals surface area (Å²) in [6.07, 6.45) is 6.11. The molecule has 0 radical (unpaired) electrons. The second-order valence-electron chi connectivity index (χ2n) is 5.87. The number of hydrogen-bond acceptors (Lipinski definition) is 1. The Morgan fingerprint density at radius 1 is 1.09 bits per heavy atom. The van der Waals surface area contributed by atoms with Gasteiger partial charge in [-0.25, -0.2) is 5.57 Å². The van der Waals surface area contributed by atoms with Gasteiger partial charge in [0, 0.05) is 33.9 Å². The Bertz CT molecular complexity index is 605. The molecule has 3 rings (SSSR count). The minimum atomic E-state index is 0. The van der Waals surface area contributed by atoms with Crippen LogP contribution >= 0.6 is 24.8 Å². The van der Waals surface area contributed by atoms with Crippen LogP contribution in [0.3, 0.4) is 0 Å². The number of allylic oxidation sites excluding steroid dienone is 4. The first-order valence-corrected chi connectivity index (χ1v) is 7.23. The molecule has 22 heavy (non-hydrogen) atoms. The molecule has 0 fully saturated rings. The molecule has 4 heteroatoms. The number of halogens is 2. The molecular formula is C18H24Cl2NTi-. The van der Waals surface area contributed by atoms with Crippen LogP contribution in [0.4, 0.5) is 5.69 Å². The van der Waals surface area contributed by atoms with Gasteiger partial charge in [-0.2, -0.15) is 11.1 Å². The molecule has 0 saturated carbocycles. The molecule has 120 valence electrons. The number of benzene rings is 1. The van der Waals surface area contributed by atoms with Crippen LogP contribution in [-0.2, 0) is 28.1 Å². The van der Waals surface area contributed by atoms with E-state index in [0.717, 1.165) is 6.54 Å². The summed E-state index contributed by atoms with van der Waals surface area (Å²) in [4.78, 5) is 0. The summed E-state index contributed by atoms with van der Waals surface area (Å²) in [6, 6.07) is 4.57. The fourth-order valence-corrected chi connectivity index (χ4v) is 3.28. The Kier molecular flexibility index (Phi) is 8.51. The molecule has 0 amide bonds. The van der Waals surface area contributed by atoms with Crippen molar-refractivity contribution < 1.29 is 21.7 Å². The summed E-state index contributed by atoms with van der Waals surface area (Å²) in [5.74, 6) is 0.348. The maximum absolute atomic E-state index is 3.66. The van der Waals surface area contributed by atoms with Crippen LogP contribution in [0.1, 0.15) is 49.8 Å². The summed E-state index contributed by atoms with van der Waals surface area (Å²) in [5.41, 5.74) is 9.88. The molecule has 0 bridgehead atoms. The van der Waals surface area contributed by atoms with Gasteiger partial charge in [-0.3, -0.25) is 6.08 Å². The Hall–Kier alpha value is -0.206. The molecule has 1 aromatic rings. The van der Waals surface area contributed by atoms with E-state index >= 15 is 0 Å². The Labute approximate surface area is 161 Å². The third-order valence-electron chi connectivity index (χ3n) is 4.71. The zero-order chi connectivity index (χ0) is 13.6. The minimum absolute atomic E-state index is 0. The van der Waals surface area contributed by atoms with Gasteiger partial charge >= 0.3 is 0 Å². The topological polar surface area (TPSA) is 12.0 Å². The molecule has 1 heterocycles. The number of rotatable bonds is 1. The molecule has 1 unspecified atom stereocenters. The van der Waals surface area contributed by atoms with Crippen molar-refractivity contribution in [2.24, 2.45) is 0 Å². The van der Waals surface area contributed by atoms with Gasteiger partial charge in [-0.05, 0) is 36.5 Å². The molecule has 1 aliphatic heterocycles. The van der Waals surface area contributed by atoms with Crippen LogP contribution in [0.25, 0.3) is 0 Å². The molecule has 0 spiro atoms. The van der Waals surface area contributed by atoms with Crippen LogP contribution in [0, 0.1) is 13.0 Å². The first-order valence-electron chi connectivity index (χ1n) is 7.23. The van der Waals surface area contributed by atoms with Crippen LogP contribution in [0.15, 0.2) is 28.9 Å². The number of hydrogen-bond donors (Lipinski definition) is 1. The first kappa shape index (κ1) is 21.8. The van der Waals surface area contributed by atoms with Crippen molar-refractivity contribution in [2.45, 2.75) is 46.5 Å². The number of aryl methyl sites for hydroxylation is 2. The van der Waals surface area contributed by atoms with Gasteiger partial charge in [0.1, 0.15) is 0 Å². The monoisotopic (exact) mass is 372 g/mol. The summed E-state index contributed by atoms with van der Waals surface area (Å²) < 4.78 is 0. The smallest absolute Gasteiger partial charge is 0.0400 e. The first-order chi connectivity index (χ1) is 9.09. The molecular weight excluding hydrogens is 349 g/mol. The zero-order valence-electron chi connectivity index (χ0n) is 13.7. The summed E-state index contributed by atoms with van der Waals surface area (Å²) in [6.45, 7) is 9.97. The Morgan fingerprint density at radius 3 is 2.36 bits per heavy atom. The van der Waals surface area contributed by atoms with Crippen LogP contribution in [0.5, 0.6) is 0 Å². The number of anilines is 1. The normalized spacial score (nSPS) is 19.1. The van der Waals surface area contributed by atoms with Gasteiger partial charge in [0.15, 0.2) is 0 Å². The van der Waals surface area contributed by atoms with Gasteiger partial charge in [0.25, 0.3) is 0 Å². The second-order valence-corrected chi connectivity index (χ2v) is 5.87. The van der Waals surface area contributed by atoms with Crippen molar-refractivity contribution >= 4 is 30.5 Å². The van der Waals surface area contributed by atoms with E-state index in [1.165, 1.54) is 51.9 Å². The fourth-order valence-electron chi connectivity index (χ4n) is 3.28. The van der Waals surface area contributed by atoms with Gasteiger partial charge in [0.2, 0.25) is 0 Å². The van der Waals surface area contributed by atoms with Crippen molar-refractivity contribution in [3.8, 4) is 0 Å². The molecule has 1 nitrogen and oxygen atoms in total. The molecule has 0 saturated heterocycles. The van der Waals surface area contributed by atoms with E-state index < -0.39 is 0 Å². The van der Waals surface area contributed by atoms with Gasteiger partial charge in [0.05, 0.1) is 0 Å². The molecule has 1 aliphatic carbocycles. The molecule has 2 aliphatic rings. The van der Waals surface area contributed by atoms with Crippen LogP contribution in [0.2, 0.25) is 0 Å². The van der Waals surface area contributed by atoms with Crippen LogP contribution < -0.4 is 5.32 Å². The predicted octanol–water partition coefficient (Wildman–Crippen LogP) is 5.38. The van der Waals surface area contributed by atoms with E-state index in [4.69, 9.17) is 0 Å². The van der Waals surface area contributed by atoms with Crippen molar-refractivity contribution in [3.05, 3.63) is 51.6 Å². The average Bonchev–Trinajstić information content (AvgIpc) is 2.66. The predicted molar refractivity (Wildman–Crippen MR) is 96.0 cm³/mol. The van der Waals surface area contributed by atoms with E-state index in [2.05, 4.69) is 51.2 Å². The van der Waals surface area contributed by atoms with Gasteiger partial charge in [-0.1, -0.05) is 31.9 Å². The van der Waals surface area contributed by atoms with Gasteiger partial charge in [-0.15, -0.1) is 31.7 Å². The van der Waals surface area contributed by atoms with Crippen molar-refractivity contribution in [1.82, 2.24) is 0 Å². The van der Waals surface area contributed by atoms with Crippen molar-refractivity contribution in [2.75, 3.05) is 11.9 Å². The fraction of sp³-hybridized carbons (Fsp3) is 0.444. The quantitative estimate of drug-likeness (QED) is 0.515. The Balaban J connectivity index is 0.00000147. The largest absolute Gasteiger partial charge is 0.385 e. The summed E-state index contributed by atoms with van der Waals surface area (Å²) >= 11 is 0. The third-order valence-corrected chi connectivity index (χ3v) is 4.71. The standard InChI is InChI=1S/C18H22N.2ClH.Ti/c1-11-7-8-15-6-5-9-19-18(15)17(11)16-10-12(2)13(3)14(16)4;;;/h7-8,16,19H,5-6,9H2,1-4H3;2*1H;/q-1;;;. The van der Waals surface area contributed by atoms with E-state index in [1.54, 1.807) is 0 Å². The van der Waals surface area contributed by atoms with Gasteiger partial charge < -0.3 is 5.32 Å². The molecule has 0 aromatic heterocycles. The van der Waals surface area contributed by atoms with Crippen molar-refractivity contribution in [3.63, 3.8) is 0 Å². The minimum Gasteiger partial charge on any atom is -0.385 e. The maximum atomic E-state index is 3.66. The Morgan fingerprint density at radius 2 is 1.77 bits per heavy atom. The van der Waals surface area contributed by atoms with Crippen molar-refractivity contribution in [1.29, 1.82) is 0 Å². The maximum Gasteiger partial charge on any atom is 0.0400 e. The average molecular weight is 373 g/mol. The molecule has 1 atom stereocenters. The summed E-state index contributed by atoms with van der Waals surface area (Å²) in [7, 11) is 0. The molecule has 1 aromatic carbocycles.